The minimum absolute atomic E-state index is 0.0280. The molecule has 26 heavy (non-hydrogen) atoms. The predicted octanol–water partition coefficient (Wildman–Crippen LogP) is 6.14. The second-order valence-corrected chi connectivity index (χ2v) is 7.67. The Balaban J connectivity index is 3.45. The van der Waals surface area contributed by atoms with Gasteiger partial charge in [-0.15, -0.1) is 0 Å². The number of allylic oxidation sites excluding steroid dienone is 6. The van der Waals surface area contributed by atoms with Crippen molar-refractivity contribution in [3.05, 3.63) is 36.5 Å². The summed E-state index contributed by atoms with van der Waals surface area (Å²) in [4.78, 5) is 11.6. The number of rotatable bonds is 16. The van der Waals surface area contributed by atoms with E-state index in [2.05, 4.69) is 43.4 Å². The first-order chi connectivity index (χ1) is 12.5. The molecule has 0 unspecified atom stereocenters. The minimum atomic E-state index is -0.344. The second-order valence-electron chi connectivity index (χ2n) is 7.67. The SMILES string of the molecule is CCCCC=CC=CC=CCCCCCCCC(=O)OCC(C)(C)CO. The fourth-order valence-corrected chi connectivity index (χ4v) is 2.26. The lowest BCUT2D eigenvalue weighted by atomic mass is 9.96. The number of aliphatic hydroxyl groups excluding tert-OH is 1. The number of esters is 1. The third-order valence-electron chi connectivity index (χ3n) is 4.13. The van der Waals surface area contributed by atoms with Crippen LogP contribution in [0.2, 0.25) is 0 Å². The van der Waals surface area contributed by atoms with E-state index in [9.17, 15) is 4.79 Å². The highest BCUT2D eigenvalue weighted by Crippen LogP contribution is 2.15. The Kier molecular flexibility index (Phi) is 16.2. The van der Waals surface area contributed by atoms with Crippen molar-refractivity contribution in [2.45, 2.75) is 85.0 Å². The third-order valence-corrected chi connectivity index (χ3v) is 4.13. The standard InChI is InChI=1S/C23H40O3/c1-4-5-6-7-8-9-10-11-12-13-14-15-16-17-18-19-22(25)26-21-23(2,3)20-24/h7-12,24H,4-6,13-21H2,1-3H3. The molecular formula is C23H40O3. The summed E-state index contributed by atoms with van der Waals surface area (Å²) in [5, 5.41) is 9.12. The van der Waals surface area contributed by atoms with Gasteiger partial charge in [-0.05, 0) is 25.7 Å². The number of unbranched alkanes of at least 4 members (excludes halogenated alkanes) is 7. The van der Waals surface area contributed by atoms with Gasteiger partial charge in [-0.2, -0.15) is 0 Å². The molecular weight excluding hydrogens is 324 g/mol. The highest BCUT2D eigenvalue weighted by atomic mass is 16.5. The summed E-state index contributed by atoms with van der Waals surface area (Å²) in [6.07, 6.45) is 23.7. The highest BCUT2D eigenvalue weighted by Gasteiger charge is 2.18. The molecule has 0 rings (SSSR count). The van der Waals surface area contributed by atoms with Crippen LogP contribution in [-0.4, -0.2) is 24.3 Å². The molecule has 0 amide bonds. The molecule has 0 aliphatic carbocycles. The summed E-state index contributed by atoms with van der Waals surface area (Å²) in [6, 6.07) is 0. The first-order valence-corrected chi connectivity index (χ1v) is 10.3. The van der Waals surface area contributed by atoms with E-state index in [1.807, 2.05) is 13.8 Å². The van der Waals surface area contributed by atoms with Crippen molar-refractivity contribution in [2.24, 2.45) is 5.41 Å². The molecule has 0 bridgehead atoms. The molecule has 0 aliphatic rings. The van der Waals surface area contributed by atoms with Gasteiger partial charge in [0, 0.05) is 11.8 Å². The smallest absolute Gasteiger partial charge is 0.305 e. The summed E-state index contributed by atoms with van der Waals surface area (Å²) >= 11 is 0. The predicted molar refractivity (Wildman–Crippen MR) is 111 cm³/mol. The van der Waals surface area contributed by atoms with E-state index in [0.717, 1.165) is 19.3 Å². The van der Waals surface area contributed by atoms with Gasteiger partial charge in [-0.1, -0.05) is 89.3 Å². The molecule has 3 nitrogen and oxygen atoms in total. The molecule has 0 aromatic heterocycles. The van der Waals surface area contributed by atoms with Gasteiger partial charge in [0.1, 0.15) is 0 Å². The van der Waals surface area contributed by atoms with E-state index >= 15 is 0 Å². The van der Waals surface area contributed by atoms with E-state index in [0.29, 0.717) is 6.42 Å². The van der Waals surface area contributed by atoms with Crippen LogP contribution in [0, 0.1) is 5.41 Å². The Bertz CT molecular complexity index is 419. The van der Waals surface area contributed by atoms with Crippen molar-refractivity contribution >= 4 is 5.97 Å². The lowest BCUT2D eigenvalue weighted by Crippen LogP contribution is -2.25. The Labute approximate surface area is 161 Å². The van der Waals surface area contributed by atoms with Crippen LogP contribution in [0.4, 0.5) is 0 Å². The van der Waals surface area contributed by atoms with Crippen molar-refractivity contribution in [2.75, 3.05) is 13.2 Å². The molecule has 0 fully saturated rings. The second kappa shape index (κ2) is 17.1. The van der Waals surface area contributed by atoms with Gasteiger partial charge in [-0.3, -0.25) is 4.79 Å². The highest BCUT2D eigenvalue weighted by molar-refractivity contribution is 5.69. The number of carbonyl (C=O) groups excluding carboxylic acids is 1. The van der Waals surface area contributed by atoms with Crippen LogP contribution in [0.25, 0.3) is 0 Å². The lowest BCUT2D eigenvalue weighted by molar-refractivity contribution is -0.147. The normalized spacial score (nSPS) is 12.6. The average Bonchev–Trinajstić information content (AvgIpc) is 2.63. The van der Waals surface area contributed by atoms with E-state index in [1.54, 1.807) is 0 Å². The molecule has 0 aliphatic heterocycles. The van der Waals surface area contributed by atoms with Crippen LogP contribution in [0.3, 0.4) is 0 Å². The molecule has 0 spiro atoms. The van der Waals surface area contributed by atoms with Crippen molar-refractivity contribution in [3.63, 3.8) is 0 Å². The van der Waals surface area contributed by atoms with Crippen molar-refractivity contribution in [1.29, 1.82) is 0 Å². The molecule has 3 heteroatoms. The minimum Gasteiger partial charge on any atom is -0.465 e. The summed E-state index contributed by atoms with van der Waals surface area (Å²) < 4.78 is 5.20. The number of hydrogen-bond acceptors (Lipinski definition) is 3. The van der Waals surface area contributed by atoms with E-state index in [4.69, 9.17) is 9.84 Å². The Morgan fingerprint density at radius 2 is 1.46 bits per heavy atom. The Hall–Kier alpha value is -1.35. The number of ether oxygens (including phenoxy) is 1. The van der Waals surface area contributed by atoms with Crippen LogP contribution >= 0.6 is 0 Å². The van der Waals surface area contributed by atoms with Crippen LogP contribution < -0.4 is 0 Å². The zero-order chi connectivity index (χ0) is 19.5. The van der Waals surface area contributed by atoms with Gasteiger partial charge >= 0.3 is 5.97 Å². The molecule has 1 N–H and O–H groups in total. The maximum atomic E-state index is 11.6. The number of carbonyl (C=O) groups is 1. The van der Waals surface area contributed by atoms with Gasteiger partial charge in [0.05, 0.1) is 13.2 Å². The average molecular weight is 365 g/mol. The summed E-state index contributed by atoms with van der Waals surface area (Å²) in [7, 11) is 0. The lowest BCUT2D eigenvalue weighted by Gasteiger charge is -2.20. The van der Waals surface area contributed by atoms with Crippen molar-refractivity contribution < 1.29 is 14.6 Å². The maximum absolute atomic E-state index is 11.6. The van der Waals surface area contributed by atoms with Gasteiger partial charge in [0.25, 0.3) is 0 Å². The monoisotopic (exact) mass is 364 g/mol. The molecule has 0 saturated heterocycles. The molecule has 0 aromatic rings. The quantitative estimate of drug-likeness (QED) is 0.203. The van der Waals surface area contributed by atoms with Crippen molar-refractivity contribution in [3.8, 4) is 0 Å². The van der Waals surface area contributed by atoms with Crippen LogP contribution in [0.1, 0.15) is 85.0 Å². The fourth-order valence-electron chi connectivity index (χ4n) is 2.26. The number of aliphatic hydroxyl groups is 1. The van der Waals surface area contributed by atoms with Gasteiger partial charge in [0.15, 0.2) is 0 Å². The first-order valence-electron chi connectivity index (χ1n) is 10.3. The maximum Gasteiger partial charge on any atom is 0.305 e. The third kappa shape index (κ3) is 17.5. The molecule has 0 radical (unpaired) electrons. The van der Waals surface area contributed by atoms with Crippen LogP contribution in [0.5, 0.6) is 0 Å². The Morgan fingerprint density at radius 1 is 0.885 bits per heavy atom. The molecule has 0 saturated carbocycles. The molecule has 0 atom stereocenters. The van der Waals surface area contributed by atoms with Crippen molar-refractivity contribution in [1.82, 2.24) is 0 Å². The van der Waals surface area contributed by atoms with Crippen LogP contribution in [-0.2, 0) is 9.53 Å². The summed E-state index contributed by atoms with van der Waals surface area (Å²) in [5.41, 5.74) is -0.344. The summed E-state index contributed by atoms with van der Waals surface area (Å²) in [6.45, 7) is 6.30. The van der Waals surface area contributed by atoms with E-state index in [1.165, 1.54) is 38.5 Å². The van der Waals surface area contributed by atoms with Gasteiger partial charge in [-0.25, -0.2) is 0 Å². The van der Waals surface area contributed by atoms with E-state index in [-0.39, 0.29) is 24.6 Å². The van der Waals surface area contributed by atoms with Crippen LogP contribution in [0.15, 0.2) is 36.5 Å². The molecule has 0 heterocycles. The molecule has 150 valence electrons. The summed E-state index contributed by atoms with van der Waals surface area (Å²) in [5.74, 6) is -0.148. The largest absolute Gasteiger partial charge is 0.465 e. The first kappa shape index (κ1) is 24.7. The van der Waals surface area contributed by atoms with E-state index < -0.39 is 0 Å². The molecule has 0 aromatic carbocycles. The van der Waals surface area contributed by atoms with Gasteiger partial charge < -0.3 is 9.84 Å². The Morgan fingerprint density at radius 3 is 2.08 bits per heavy atom. The van der Waals surface area contributed by atoms with Gasteiger partial charge in [0.2, 0.25) is 0 Å². The number of hydrogen-bond donors (Lipinski definition) is 1. The fraction of sp³-hybridized carbons (Fsp3) is 0.696. The zero-order valence-electron chi connectivity index (χ0n) is 17.2. The topological polar surface area (TPSA) is 46.5 Å². The zero-order valence-corrected chi connectivity index (χ0v) is 17.2.